The van der Waals surface area contributed by atoms with Crippen molar-refractivity contribution in [1.29, 1.82) is 0 Å². The van der Waals surface area contributed by atoms with Gasteiger partial charge in [-0.25, -0.2) is 8.78 Å². The van der Waals surface area contributed by atoms with Gasteiger partial charge in [0.1, 0.15) is 11.6 Å². The number of hydrogen-bond acceptors (Lipinski definition) is 0. The summed E-state index contributed by atoms with van der Waals surface area (Å²) < 4.78 is 26.3. The van der Waals surface area contributed by atoms with E-state index in [-0.39, 0.29) is 17.6 Å². The van der Waals surface area contributed by atoms with Crippen LogP contribution in [0.5, 0.6) is 0 Å². The largest absolute Gasteiger partial charge is 0.207 e. The standard InChI is InChI=1S/C20H24F2/c1-2-3-4-5-6-7-20(16-8-12-18(21)13-9-16)17-10-14-19(22)15-11-17/h8-15,20H,2-7H2,1H3. The molecule has 0 atom stereocenters. The van der Waals surface area contributed by atoms with Crippen molar-refractivity contribution in [3.63, 3.8) is 0 Å². The van der Waals surface area contributed by atoms with Crippen molar-refractivity contribution in [2.24, 2.45) is 0 Å². The van der Waals surface area contributed by atoms with Gasteiger partial charge in [0.05, 0.1) is 0 Å². The molecule has 0 saturated heterocycles. The first-order chi connectivity index (χ1) is 10.7. The molecule has 0 spiro atoms. The van der Waals surface area contributed by atoms with E-state index in [9.17, 15) is 8.78 Å². The van der Waals surface area contributed by atoms with E-state index in [1.165, 1.54) is 49.9 Å². The lowest BCUT2D eigenvalue weighted by atomic mass is 9.86. The molecule has 0 fully saturated rings. The molecule has 0 aliphatic heterocycles. The first kappa shape index (κ1) is 16.7. The normalized spacial score (nSPS) is 11.1. The van der Waals surface area contributed by atoms with Crippen LogP contribution < -0.4 is 0 Å². The van der Waals surface area contributed by atoms with Gasteiger partial charge in [-0.05, 0) is 41.8 Å². The Morgan fingerprint density at radius 1 is 0.682 bits per heavy atom. The Balaban J connectivity index is 2.10. The number of rotatable bonds is 8. The van der Waals surface area contributed by atoms with Gasteiger partial charge in [-0.1, -0.05) is 63.3 Å². The smallest absolute Gasteiger partial charge is 0.123 e. The summed E-state index contributed by atoms with van der Waals surface area (Å²) in [6, 6.07) is 13.4. The van der Waals surface area contributed by atoms with Crippen molar-refractivity contribution in [3.05, 3.63) is 71.3 Å². The van der Waals surface area contributed by atoms with Crippen LogP contribution in [0.4, 0.5) is 8.78 Å². The van der Waals surface area contributed by atoms with Gasteiger partial charge in [-0.2, -0.15) is 0 Å². The molecule has 22 heavy (non-hydrogen) atoms. The molecular formula is C20H24F2. The molecule has 0 N–H and O–H groups in total. The highest BCUT2D eigenvalue weighted by atomic mass is 19.1. The zero-order chi connectivity index (χ0) is 15.8. The van der Waals surface area contributed by atoms with Gasteiger partial charge in [0.25, 0.3) is 0 Å². The van der Waals surface area contributed by atoms with Crippen LogP contribution in [0.15, 0.2) is 48.5 Å². The maximum Gasteiger partial charge on any atom is 0.123 e. The molecular weight excluding hydrogens is 278 g/mol. The molecule has 0 aliphatic rings. The maximum atomic E-state index is 13.1. The number of unbranched alkanes of at least 4 members (excludes halogenated alkanes) is 4. The molecule has 0 heterocycles. The third kappa shape index (κ3) is 4.94. The highest BCUT2D eigenvalue weighted by molar-refractivity contribution is 5.32. The van der Waals surface area contributed by atoms with Crippen LogP contribution in [0, 0.1) is 11.6 Å². The van der Waals surface area contributed by atoms with Crippen molar-refractivity contribution in [1.82, 2.24) is 0 Å². The van der Waals surface area contributed by atoms with Gasteiger partial charge in [0.15, 0.2) is 0 Å². The second-order valence-corrected chi connectivity index (χ2v) is 5.86. The fourth-order valence-electron chi connectivity index (χ4n) is 2.87. The van der Waals surface area contributed by atoms with Crippen molar-refractivity contribution < 1.29 is 8.78 Å². The van der Waals surface area contributed by atoms with E-state index in [1.807, 2.05) is 24.3 Å². The topological polar surface area (TPSA) is 0 Å². The summed E-state index contributed by atoms with van der Waals surface area (Å²) in [7, 11) is 0. The minimum absolute atomic E-state index is 0.211. The monoisotopic (exact) mass is 302 g/mol. The first-order valence-corrected chi connectivity index (χ1v) is 8.21. The van der Waals surface area contributed by atoms with Crippen molar-refractivity contribution in [2.75, 3.05) is 0 Å². The summed E-state index contributed by atoms with van der Waals surface area (Å²) >= 11 is 0. The first-order valence-electron chi connectivity index (χ1n) is 8.21. The molecule has 0 amide bonds. The highest BCUT2D eigenvalue weighted by Gasteiger charge is 2.14. The Labute approximate surface area is 132 Å². The SMILES string of the molecule is CCCCCCCC(c1ccc(F)cc1)c1ccc(F)cc1. The second kappa shape index (κ2) is 8.67. The van der Waals surface area contributed by atoms with Crippen LogP contribution in [0.25, 0.3) is 0 Å². The number of halogens is 2. The predicted molar refractivity (Wildman–Crippen MR) is 88.0 cm³/mol. The van der Waals surface area contributed by atoms with Gasteiger partial charge >= 0.3 is 0 Å². The van der Waals surface area contributed by atoms with Crippen LogP contribution >= 0.6 is 0 Å². The average Bonchev–Trinajstić information content (AvgIpc) is 2.53. The van der Waals surface area contributed by atoms with Crippen LogP contribution in [-0.4, -0.2) is 0 Å². The molecule has 0 saturated carbocycles. The third-order valence-corrected chi connectivity index (χ3v) is 4.14. The lowest BCUT2D eigenvalue weighted by molar-refractivity contribution is 0.577. The fourth-order valence-corrected chi connectivity index (χ4v) is 2.87. The molecule has 2 aromatic carbocycles. The van der Waals surface area contributed by atoms with E-state index >= 15 is 0 Å². The summed E-state index contributed by atoms with van der Waals surface area (Å²) in [5.74, 6) is -0.225. The van der Waals surface area contributed by atoms with Gasteiger partial charge in [-0.15, -0.1) is 0 Å². The average molecular weight is 302 g/mol. The lowest BCUT2D eigenvalue weighted by Crippen LogP contribution is -2.02. The Morgan fingerprint density at radius 3 is 1.59 bits per heavy atom. The minimum Gasteiger partial charge on any atom is -0.207 e. The summed E-state index contributed by atoms with van der Waals surface area (Å²) in [6.45, 7) is 2.21. The third-order valence-electron chi connectivity index (χ3n) is 4.14. The van der Waals surface area contributed by atoms with E-state index in [2.05, 4.69) is 6.92 Å². The second-order valence-electron chi connectivity index (χ2n) is 5.86. The predicted octanol–water partition coefficient (Wildman–Crippen LogP) is 6.46. The highest BCUT2D eigenvalue weighted by Crippen LogP contribution is 2.30. The molecule has 0 aliphatic carbocycles. The quantitative estimate of drug-likeness (QED) is 0.491. The van der Waals surface area contributed by atoms with E-state index in [0.29, 0.717) is 0 Å². The lowest BCUT2D eigenvalue weighted by Gasteiger charge is -2.18. The maximum absolute atomic E-state index is 13.1. The van der Waals surface area contributed by atoms with Gasteiger partial charge in [-0.3, -0.25) is 0 Å². The molecule has 2 heteroatoms. The zero-order valence-corrected chi connectivity index (χ0v) is 13.2. The molecule has 0 aromatic heterocycles. The summed E-state index contributed by atoms with van der Waals surface area (Å²) in [5.41, 5.74) is 2.20. The van der Waals surface area contributed by atoms with Crippen molar-refractivity contribution in [3.8, 4) is 0 Å². The molecule has 0 radical (unpaired) electrons. The van der Waals surface area contributed by atoms with Gasteiger partial charge < -0.3 is 0 Å². The van der Waals surface area contributed by atoms with Crippen LogP contribution in [0.2, 0.25) is 0 Å². The fraction of sp³-hybridized carbons (Fsp3) is 0.400. The van der Waals surface area contributed by atoms with Gasteiger partial charge in [0, 0.05) is 5.92 Å². The van der Waals surface area contributed by atoms with Crippen LogP contribution in [0.3, 0.4) is 0 Å². The van der Waals surface area contributed by atoms with E-state index in [4.69, 9.17) is 0 Å². The number of hydrogen-bond donors (Lipinski definition) is 0. The Bertz CT molecular complexity index is 497. The minimum atomic E-state index is -0.218. The van der Waals surface area contributed by atoms with Crippen molar-refractivity contribution in [2.45, 2.75) is 51.4 Å². The summed E-state index contributed by atoms with van der Waals surface area (Å²) in [4.78, 5) is 0. The molecule has 2 rings (SSSR count). The molecule has 2 aromatic rings. The molecule has 0 bridgehead atoms. The van der Waals surface area contributed by atoms with E-state index < -0.39 is 0 Å². The molecule has 0 unspecified atom stereocenters. The van der Waals surface area contributed by atoms with E-state index in [1.54, 1.807) is 0 Å². The number of benzene rings is 2. The Morgan fingerprint density at radius 2 is 1.14 bits per heavy atom. The van der Waals surface area contributed by atoms with E-state index in [0.717, 1.165) is 24.0 Å². The summed E-state index contributed by atoms with van der Waals surface area (Å²) in [5, 5.41) is 0. The Kier molecular flexibility index (Phi) is 6.57. The van der Waals surface area contributed by atoms with Crippen LogP contribution in [-0.2, 0) is 0 Å². The van der Waals surface area contributed by atoms with Gasteiger partial charge in [0.2, 0.25) is 0 Å². The Hall–Kier alpha value is -1.70. The zero-order valence-electron chi connectivity index (χ0n) is 13.2. The van der Waals surface area contributed by atoms with Crippen LogP contribution in [0.1, 0.15) is 62.5 Å². The summed E-state index contributed by atoms with van der Waals surface area (Å²) in [6.07, 6.45) is 7.14. The molecule has 0 nitrogen and oxygen atoms in total. The molecule has 118 valence electrons. The van der Waals surface area contributed by atoms with Crippen molar-refractivity contribution >= 4 is 0 Å².